The molecule has 3 rings (SSSR count). The molecule has 0 heterocycles. The second-order valence-corrected chi connectivity index (χ2v) is 7.36. The molecule has 0 spiro atoms. The number of nitrogens with two attached hydrogens (primary N) is 1. The van der Waals surface area contributed by atoms with Crippen molar-refractivity contribution in [3.8, 4) is 11.5 Å². The van der Waals surface area contributed by atoms with E-state index in [4.69, 9.17) is 43.1 Å². The van der Waals surface area contributed by atoms with Crippen LogP contribution in [0.1, 0.15) is 20.7 Å². The van der Waals surface area contributed by atoms with E-state index in [1.165, 1.54) is 25.3 Å². The number of rotatable bonds is 8. The molecule has 7 nitrogen and oxygen atoms in total. The van der Waals surface area contributed by atoms with Gasteiger partial charge in [0.15, 0.2) is 0 Å². The summed E-state index contributed by atoms with van der Waals surface area (Å²) in [6.07, 6.45) is 0. The molecule has 1 amide bonds. The Hall–Kier alpha value is -3.42. The van der Waals surface area contributed by atoms with Gasteiger partial charge in [0.25, 0.3) is 5.91 Å². The molecule has 9 heteroatoms. The SMILES string of the molecule is COC(=O)c1cc(OCCOc2ccccc2N)ccc1NC(=O)c1ccc(Cl)cc1Cl. The number of carbonyl (C=O) groups excluding carboxylic acids is 2. The highest BCUT2D eigenvalue weighted by Gasteiger charge is 2.18. The zero-order chi connectivity index (χ0) is 23.1. The molecule has 0 aliphatic heterocycles. The lowest BCUT2D eigenvalue weighted by molar-refractivity contribution is 0.0601. The predicted molar refractivity (Wildman–Crippen MR) is 124 cm³/mol. The van der Waals surface area contributed by atoms with Crippen LogP contribution in [0, 0.1) is 0 Å². The van der Waals surface area contributed by atoms with Gasteiger partial charge in [0.05, 0.1) is 34.6 Å². The number of hydrogen-bond donors (Lipinski definition) is 2. The highest BCUT2D eigenvalue weighted by atomic mass is 35.5. The number of anilines is 2. The first-order valence-electron chi connectivity index (χ1n) is 9.48. The fourth-order valence-electron chi connectivity index (χ4n) is 2.79. The Kier molecular flexibility index (Phi) is 7.81. The van der Waals surface area contributed by atoms with Crippen LogP contribution >= 0.6 is 23.2 Å². The van der Waals surface area contributed by atoms with Crippen LogP contribution < -0.4 is 20.5 Å². The number of nitrogens with one attached hydrogen (secondary N) is 1. The minimum absolute atomic E-state index is 0.122. The van der Waals surface area contributed by atoms with Crippen molar-refractivity contribution in [2.45, 2.75) is 0 Å². The van der Waals surface area contributed by atoms with Crippen molar-refractivity contribution < 1.29 is 23.8 Å². The fraction of sp³-hybridized carbons (Fsp3) is 0.130. The van der Waals surface area contributed by atoms with Crippen LogP contribution in [0.15, 0.2) is 60.7 Å². The smallest absolute Gasteiger partial charge is 0.340 e. The van der Waals surface area contributed by atoms with E-state index in [9.17, 15) is 9.59 Å². The average molecular weight is 475 g/mol. The Balaban J connectivity index is 1.69. The molecule has 0 aromatic heterocycles. The Morgan fingerprint density at radius 2 is 1.69 bits per heavy atom. The maximum atomic E-state index is 12.6. The Bertz CT molecular complexity index is 1140. The monoisotopic (exact) mass is 474 g/mol. The summed E-state index contributed by atoms with van der Waals surface area (Å²) in [5, 5.41) is 3.26. The zero-order valence-electron chi connectivity index (χ0n) is 17.1. The van der Waals surface area contributed by atoms with Crippen LogP contribution in [-0.2, 0) is 4.74 Å². The van der Waals surface area contributed by atoms with E-state index in [0.717, 1.165) is 0 Å². The summed E-state index contributed by atoms with van der Waals surface area (Å²) in [5.41, 5.74) is 6.94. The van der Waals surface area contributed by atoms with Gasteiger partial charge in [-0.3, -0.25) is 4.79 Å². The third kappa shape index (κ3) is 5.84. The third-order valence-corrected chi connectivity index (χ3v) is 4.90. The van der Waals surface area contributed by atoms with Crippen molar-refractivity contribution in [2.24, 2.45) is 0 Å². The van der Waals surface area contributed by atoms with E-state index in [-0.39, 0.29) is 35.1 Å². The number of nitrogen functional groups attached to an aromatic ring is 1. The Labute approximate surface area is 195 Å². The molecular weight excluding hydrogens is 455 g/mol. The highest BCUT2D eigenvalue weighted by molar-refractivity contribution is 6.37. The highest BCUT2D eigenvalue weighted by Crippen LogP contribution is 2.26. The first-order chi connectivity index (χ1) is 15.4. The number of methoxy groups -OCH3 is 1. The lowest BCUT2D eigenvalue weighted by Gasteiger charge is -2.14. The van der Waals surface area contributed by atoms with Gasteiger partial charge >= 0.3 is 5.97 Å². The molecule has 0 radical (unpaired) electrons. The lowest BCUT2D eigenvalue weighted by atomic mass is 10.1. The van der Waals surface area contributed by atoms with Gasteiger partial charge in [0, 0.05) is 5.02 Å². The number of amides is 1. The van der Waals surface area contributed by atoms with Gasteiger partial charge in [0.2, 0.25) is 0 Å². The number of benzene rings is 3. The molecule has 0 fully saturated rings. The maximum Gasteiger partial charge on any atom is 0.340 e. The number of carbonyl (C=O) groups is 2. The van der Waals surface area contributed by atoms with Gasteiger partial charge in [-0.15, -0.1) is 0 Å². The summed E-state index contributed by atoms with van der Waals surface area (Å²) < 4.78 is 16.1. The maximum absolute atomic E-state index is 12.6. The van der Waals surface area contributed by atoms with E-state index >= 15 is 0 Å². The first-order valence-corrected chi connectivity index (χ1v) is 10.2. The summed E-state index contributed by atoms with van der Waals surface area (Å²) in [5.74, 6) is -0.177. The van der Waals surface area contributed by atoms with Gasteiger partial charge < -0.3 is 25.3 Å². The minimum atomic E-state index is -0.638. The molecule has 0 aliphatic carbocycles. The van der Waals surface area contributed by atoms with Crippen LogP contribution in [-0.4, -0.2) is 32.2 Å². The molecule has 32 heavy (non-hydrogen) atoms. The molecular formula is C23H20Cl2N2O5. The van der Waals surface area contributed by atoms with Gasteiger partial charge in [-0.1, -0.05) is 35.3 Å². The summed E-state index contributed by atoms with van der Waals surface area (Å²) in [6.45, 7) is 0.455. The molecule has 3 aromatic rings. The van der Waals surface area contributed by atoms with Crippen molar-refractivity contribution in [1.29, 1.82) is 0 Å². The summed E-state index contributed by atoms with van der Waals surface area (Å²) >= 11 is 12.0. The number of para-hydroxylation sites is 2. The Morgan fingerprint density at radius 1 is 0.938 bits per heavy atom. The summed E-state index contributed by atoms with van der Waals surface area (Å²) in [4.78, 5) is 24.9. The zero-order valence-corrected chi connectivity index (χ0v) is 18.6. The second kappa shape index (κ2) is 10.7. The van der Waals surface area contributed by atoms with Gasteiger partial charge in [0.1, 0.15) is 24.7 Å². The van der Waals surface area contributed by atoms with E-state index in [1.807, 2.05) is 12.1 Å². The number of hydrogen-bond acceptors (Lipinski definition) is 6. The molecule has 0 bridgehead atoms. The number of esters is 1. The van der Waals surface area contributed by atoms with Crippen LogP contribution in [0.3, 0.4) is 0 Å². The topological polar surface area (TPSA) is 99.9 Å². The van der Waals surface area contributed by atoms with Crippen LogP contribution in [0.2, 0.25) is 10.0 Å². The van der Waals surface area contributed by atoms with Crippen molar-refractivity contribution >= 4 is 46.5 Å². The minimum Gasteiger partial charge on any atom is -0.490 e. The van der Waals surface area contributed by atoms with Crippen molar-refractivity contribution in [3.05, 3.63) is 81.8 Å². The summed E-state index contributed by atoms with van der Waals surface area (Å²) in [7, 11) is 1.25. The number of ether oxygens (including phenoxy) is 3. The number of halogens is 2. The molecule has 166 valence electrons. The standard InChI is InChI=1S/C23H20Cl2N2O5/c1-30-23(29)17-13-15(31-10-11-32-21-5-3-2-4-19(21)26)7-9-20(17)27-22(28)16-8-6-14(24)12-18(16)25/h2-9,12-13H,10-11,26H2,1H3,(H,27,28). The van der Waals surface area contributed by atoms with Crippen LogP contribution in [0.5, 0.6) is 11.5 Å². The van der Waals surface area contributed by atoms with Crippen molar-refractivity contribution in [1.82, 2.24) is 0 Å². The third-order valence-electron chi connectivity index (χ3n) is 4.35. The molecule has 3 aromatic carbocycles. The molecule has 0 atom stereocenters. The Morgan fingerprint density at radius 3 is 2.41 bits per heavy atom. The molecule has 0 saturated heterocycles. The molecule has 0 aliphatic rings. The molecule has 0 unspecified atom stereocenters. The predicted octanol–water partition coefficient (Wildman–Crippen LogP) is 5.07. The quantitative estimate of drug-likeness (QED) is 0.268. The van der Waals surface area contributed by atoms with E-state index in [2.05, 4.69) is 5.32 Å². The van der Waals surface area contributed by atoms with Crippen LogP contribution in [0.4, 0.5) is 11.4 Å². The van der Waals surface area contributed by atoms with E-state index in [1.54, 1.807) is 30.3 Å². The molecule has 3 N–H and O–H groups in total. The first kappa shape index (κ1) is 23.2. The van der Waals surface area contributed by atoms with Gasteiger partial charge in [-0.05, 0) is 48.5 Å². The largest absolute Gasteiger partial charge is 0.490 e. The van der Waals surface area contributed by atoms with Crippen molar-refractivity contribution in [2.75, 3.05) is 31.4 Å². The van der Waals surface area contributed by atoms with Gasteiger partial charge in [-0.2, -0.15) is 0 Å². The molecule has 0 saturated carbocycles. The van der Waals surface area contributed by atoms with Crippen molar-refractivity contribution in [3.63, 3.8) is 0 Å². The lowest BCUT2D eigenvalue weighted by Crippen LogP contribution is -2.16. The van der Waals surface area contributed by atoms with Gasteiger partial charge in [-0.25, -0.2) is 4.79 Å². The van der Waals surface area contributed by atoms with Crippen LogP contribution in [0.25, 0.3) is 0 Å². The fourth-order valence-corrected chi connectivity index (χ4v) is 3.28. The normalized spacial score (nSPS) is 10.3. The van der Waals surface area contributed by atoms with E-state index in [0.29, 0.717) is 22.2 Å². The van der Waals surface area contributed by atoms with E-state index < -0.39 is 11.9 Å². The second-order valence-electron chi connectivity index (χ2n) is 6.51. The average Bonchev–Trinajstić information content (AvgIpc) is 2.78. The summed E-state index contributed by atoms with van der Waals surface area (Å²) in [6, 6.07) is 16.3.